The number of carbonyl (C=O) groups excluding carboxylic acids is 2. The van der Waals surface area contributed by atoms with Crippen molar-refractivity contribution in [1.82, 2.24) is 25.5 Å². The molecule has 49 heavy (non-hydrogen) atoms. The molecule has 0 radical (unpaired) electrons. The van der Waals surface area contributed by atoms with E-state index in [1.165, 1.54) is 12.4 Å². The number of benzene rings is 1. The fraction of sp³-hybridized carbons (Fsp3) is 0.714. The van der Waals surface area contributed by atoms with Crippen LogP contribution in [0, 0.1) is 0 Å². The number of fused-ring (bicyclic) bond motifs is 1. The minimum Gasteiger partial charge on any atom is -0.375 e. The van der Waals surface area contributed by atoms with Crippen LogP contribution in [-0.2, 0) is 25.2 Å². The number of halogens is 3. The second-order valence-corrected chi connectivity index (χ2v) is 15.5. The summed E-state index contributed by atoms with van der Waals surface area (Å²) in [6, 6.07) is 2.20. The summed E-state index contributed by atoms with van der Waals surface area (Å²) in [5, 5.41) is 10.2. The number of nitrogens with zero attached hydrogens (tertiary/aromatic N) is 3. The molecule has 1 aromatic carbocycles. The molecule has 4 atom stereocenters. The predicted molar refractivity (Wildman–Crippen MR) is 183 cm³/mol. The Labute approximate surface area is 287 Å². The fourth-order valence-electron chi connectivity index (χ4n) is 6.78. The number of rotatable bonds is 14. The van der Waals surface area contributed by atoms with Gasteiger partial charge >= 0.3 is 6.18 Å². The van der Waals surface area contributed by atoms with Crippen LogP contribution < -0.4 is 21.7 Å². The summed E-state index contributed by atoms with van der Waals surface area (Å²) in [6.45, 7) is 15.8. The van der Waals surface area contributed by atoms with Crippen molar-refractivity contribution in [2.45, 2.75) is 134 Å². The molecule has 14 heteroatoms. The molecule has 0 spiro atoms. The number of nitrogens with two attached hydrogens (primary N) is 1. The van der Waals surface area contributed by atoms with E-state index >= 15 is 0 Å². The van der Waals surface area contributed by atoms with Gasteiger partial charge in [-0.1, -0.05) is 0 Å². The largest absolute Gasteiger partial charge is 0.416 e. The Kier molecular flexibility index (Phi) is 12.2. The maximum absolute atomic E-state index is 13.9. The van der Waals surface area contributed by atoms with E-state index in [4.69, 9.17) is 15.2 Å². The Bertz CT molecular complexity index is 1450. The first kappa shape index (κ1) is 38.7. The van der Waals surface area contributed by atoms with E-state index < -0.39 is 29.0 Å². The highest BCUT2D eigenvalue weighted by molar-refractivity contribution is 5.93. The standard InChI is InChI=1S/C35H54F3N7O4/c1-32(2,3)44-23-9-11-28(27(19-23)42-29(46)20-34(6,7)48-16-13-33(4,5)49-17-14-39)45-15-12-26(31(45)47)43-30-24-18-22(35(36,37)38)8-10-25(24)40-21-41-30/h8,10,18,21,23,26-28,44H,9,11-17,19-20,39H2,1-7H3,(H,42,46)(H,40,41,43)/t23-,26+,27-,28+/m1/s1. The van der Waals surface area contributed by atoms with Crippen LogP contribution in [0.5, 0.6) is 0 Å². The van der Waals surface area contributed by atoms with Crippen LogP contribution in [-0.4, -0.2) is 93.9 Å². The number of hydrogen-bond acceptors (Lipinski definition) is 9. The summed E-state index contributed by atoms with van der Waals surface area (Å²) in [5.41, 5.74) is 3.84. The third-order valence-corrected chi connectivity index (χ3v) is 9.10. The topological polar surface area (TPSA) is 144 Å². The van der Waals surface area contributed by atoms with Crippen LogP contribution in [0.2, 0.25) is 0 Å². The van der Waals surface area contributed by atoms with Gasteiger partial charge in [0.25, 0.3) is 0 Å². The first-order valence-corrected chi connectivity index (χ1v) is 17.2. The molecule has 4 rings (SSSR count). The van der Waals surface area contributed by atoms with Crippen molar-refractivity contribution in [3.63, 3.8) is 0 Å². The third kappa shape index (κ3) is 11.0. The van der Waals surface area contributed by atoms with Crippen LogP contribution in [0.15, 0.2) is 24.5 Å². The van der Waals surface area contributed by atoms with Crippen molar-refractivity contribution in [2.75, 3.05) is 31.6 Å². The number of aromatic nitrogens is 2. The van der Waals surface area contributed by atoms with E-state index in [0.29, 0.717) is 57.5 Å². The zero-order valence-corrected chi connectivity index (χ0v) is 29.9. The highest BCUT2D eigenvalue weighted by atomic mass is 19.4. The normalized spacial score (nSPS) is 22.5. The number of ether oxygens (including phenoxy) is 2. The van der Waals surface area contributed by atoms with E-state index in [1.807, 2.05) is 32.6 Å². The number of anilines is 1. The molecule has 2 heterocycles. The molecule has 274 valence electrons. The van der Waals surface area contributed by atoms with Gasteiger partial charge in [-0.25, -0.2) is 9.97 Å². The number of nitrogens with one attached hydrogen (secondary N) is 3. The van der Waals surface area contributed by atoms with Gasteiger partial charge in [0, 0.05) is 30.1 Å². The molecule has 1 aliphatic heterocycles. The average molecular weight is 694 g/mol. The fourth-order valence-corrected chi connectivity index (χ4v) is 6.78. The molecule has 11 nitrogen and oxygen atoms in total. The van der Waals surface area contributed by atoms with E-state index in [0.717, 1.165) is 18.6 Å². The van der Waals surface area contributed by atoms with Crippen molar-refractivity contribution in [1.29, 1.82) is 0 Å². The van der Waals surface area contributed by atoms with Gasteiger partial charge in [0.05, 0.1) is 54.0 Å². The van der Waals surface area contributed by atoms with Gasteiger partial charge in [-0.15, -0.1) is 0 Å². The number of likely N-dealkylation sites (tertiary alicyclic amines) is 1. The summed E-state index contributed by atoms with van der Waals surface area (Å²) in [4.78, 5) is 37.5. The Morgan fingerprint density at radius 3 is 2.39 bits per heavy atom. The Morgan fingerprint density at radius 1 is 1.00 bits per heavy atom. The van der Waals surface area contributed by atoms with Gasteiger partial charge in [0.15, 0.2) is 0 Å². The second kappa shape index (κ2) is 15.4. The molecular formula is C35H54F3N7O4. The Balaban J connectivity index is 1.45. The van der Waals surface area contributed by atoms with Crippen LogP contribution in [0.1, 0.15) is 92.6 Å². The monoisotopic (exact) mass is 693 g/mol. The molecule has 2 aliphatic rings. The lowest BCUT2D eigenvalue weighted by molar-refractivity contribution is -0.137. The smallest absolute Gasteiger partial charge is 0.375 e. The van der Waals surface area contributed by atoms with Crippen molar-refractivity contribution in [3.05, 3.63) is 30.1 Å². The van der Waals surface area contributed by atoms with Gasteiger partial charge in [0.2, 0.25) is 11.8 Å². The molecule has 0 bridgehead atoms. The quantitative estimate of drug-likeness (QED) is 0.220. The van der Waals surface area contributed by atoms with E-state index in [-0.39, 0.29) is 53.1 Å². The van der Waals surface area contributed by atoms with Crippen LogP contribution in [0.3, 0.4) is 0 Å². The zero-order valence-electron chi connectivity index (χ0n) is 29.9. The Hall–Kier alpha value is -3.07. The van der Waals surface area contributed by atoms with Crippen LogP contribution in [0.25, 0.3) is 10.9 Å². The van der Waals surface area contributed by atoms with Gasteiger partial charge in [-0.2, -0.15) is 13.2 Å². The molecule has 1 aromatic heterocycles. The first-order chi connectivity index (χ1) is 22.8. The van der Waals surface area contributed by atoms with Crippen LogP contribution in [0.4, 0.5) is 19.0 Å². The lowest BCUT2D eigenvalue weighted by Gasteiger charge is -2.43. The summed E-state index contributed by atoms with van der Waals surface area (Å²) < 4.78 is 52.3. The summed E-state index contributed by atoms with van der Waals surface area (Å²) in [7, 11) is 0. The zero-order chi connectivity index (χ0) is 36.2. The molecule has 2 fully saturated rings. The molecule has 1 saturated heterocycles. The molecule has 1 aliphatic carbocycles. The lowest BCUT2D eigenvalue weighted by atomic mass is 9.84. The molecule has 0 unspecified atom stereocenters. The van der Waals surface area contributed by atoms with Crippen molar-refractivity contribution in [3.8, 4) is 0 Å². The number of alkyl halides is 3. The van der Waals surface area contributed by atoms with Gasteiger partial charge in [-0.3, -0.25) is 9.59 Å². The molecule has 5 N–H and O–H groups in total. The van der Waals surface area contributed by atoms with Gasteiger partial charge in [-0.05, 0) is 98.8 Å². The highest BCUT2D eigenvalue weighted by Crippen LogP contribution is 2.34. The maximum atomic E-state index is 13.9. The van der Waals surface area contributed by atoms with Crippen molar-refractivity contribution < 1.29 is 32.2 Å². The Morgan fingerprint density at radius 2 is 1.71 bits per heavy atom. The summed E-state index contributed by atoms with van der Waals surface area (Å²) in [6.07, 6.45) is 0.103. The molecular weight excluding hydrogens is 639 g/mol. The molecule has 2 aromatic rings. The van der Waals surface area contributed by atoms with E-state index in [1.54, 1.807) is 0 Å². The van der Waals surface area contributed by atoms with Crippen LogP contribution >= 0.6 is 0 Å². The maximum Gasteiger partial charge on any atom is 0.416 e. The highest BCUT2D eigenvalue weighted by Gasteiger charge is 2.43. The van der Waals surface area contributed by atoms with Gasteiger partial charge in [0.1, 0.15) is 18.2 Å². The lowest BCUT2D eigenvalue weighted by Crippen LogP contribution is -2.60. The van der Waals surface area contributed by atoms with E-state index in [9.17, 15) is 22.8 Å². The summed E-state index contributed by atoms with van der Waals surface area (Å²) in [5.74, 6) is -0.159. The number of amides is 2. The van der Waals surface area contributed by atoms with Crippen molar-refractivity contribution in [2.24, 2.45) is 5.73 Å². The number of hydrogen-bond donors (Lipinski definition) is 4. The second-order valence-electron chi connectivity index (χ2n) is 15.5. The SMILES string of the molecule is CC(C)(C)N[C@@H]1CC[C@H](N2CC[C@H](Nc3ncnc4ccc(C(F)(F)F)cc34)C2=O)[C@H](NC(=O)CC(C)(C)OCCC(C)(C)OCCN)C1. The molecule has 1 saturated carbocycles. The summed E-state index contributed by atoms with van der Waals surface area (Å²) >= 11 is 0. The van der Waals surface area contributed by atoms with Crippen molar-refractivity contribution >= 4 is 28.5 Å². The average Bonchev–Trinajstić information content (AvgIpc) is 3.33. The van der Waals surface area contributed by atoms with Gasteiger partial charge < -0.3 is 36.1 Å². The minimum absolute atomic E-state index is 0.131. The predicted octanol–water partition coefficient (Wildman–Crippen LogP) is 4.78. The minimum atomic E-state index is -4.53. The molecule has 2 amide bonds. The third-order valence-electron chi connectivity index (χ3n) is 9.10. The van der Waals surface area contributed by atoms with E-state index in [2.05, 4.69) is 46.7 Å². The number of carbonyl (C=O) groups is 2. The first-order valence-electron chi connectivity index (χ1n) is 17.2.